The molecule has 0 spiro atoms. The van der Waals surface area contributed by atoms with Gasteiger partial charge in [0.25, 0.3) is 0 Å². The van der Waals surface area contributed by atoms with E-state index in [2.05, 4.69) is 10.2 Å². The average molecular weight is 294 g/mol. The van der Waals surface area contributed by atoms with E-state index in [4.69, 9.17) is 0 Å². The van der Waals surface area contributed by atoms with Crippen LogP contribution in [0.1, 0.15) is 24.4 Å². The molecule has 1 N–H and O–H groups in total. The average Bonchev–Trinajstić information content (AvgIpc) is 3.22. The van der Waals surface area contributed by atoms with Crippen LogP contribution in [0.4, 0.5) is 0 Å². The van der Waals surface area contributed by atoms with Crippen LogP contribution in [0.15, 0.2) is 29.2 Å². The first-order chi connectivity index (χ1) is 9.55. The maximum absolute atomic E-state index is 12.0. The smallest absolute Gasteiger partial charge is 0.175 e. The molecule has 1 unspecified atom stereocenters. The zero-order valence-electron chi connectivity index (χ0n) is 11.9. The van der Waals surface area contributed by atoms with Crippen molar-refractivity contribution >= 4 is 9.84 Å². The molecule has 20 heavy (non-hydrogen) atoms. The largest absolute Gasteiger partial charge is 0.314 e. The fourth-order valence-corrected chi connectivity index (χ4v) is 3.96. The Labute approximate surface area is 121 Å². The summed E-state index contributed by atoms with van der Waals surface area (Å²) in [6, 6.07) is 7.62. The van der Waals surface area contributed by atoms with Gasteiger partial charge in [-0.1, -0.05) is 18.2 Å². The zero-order valence-corrected chi connectivity index (χ0v) is 12.7. The number of hydrogen-bond donors (Lipinski definition) is 1. The highest BCUT2D eigenvalue weighted by Crippen LogP contribution is 2.34. The highest BCUT2D eigenvalue weighted by atomic mass is 32.2. The van der Waals surface area contributed by atoms with Crippen molar-refractivity contribution in [3.05, 3.63) is 29.8 Å². The van der Waals surface area contributed by atoms with Gasteiger partial charge in [-0.25, -0.2) is 8.42 Å². The fraction of sp³-hybridized carbons (Fsp3) is 0.600. The lowest BCUT2D eigenvalue weighted by Crippen LogP contribution is -2.47. The topological polar surface area (TPSA) is 49.4 Å². The zero-order chi connectivity index (χ0) is 14.2. The second-order valence-electron chi connectivity index (χ2n) is 5.97. The Morgan fingerprint density at radius 3 is 2.75 bits per heavy atom. The second kappa shape index (κ2) is 5.47. The maximum atomic E-state index is 12.0. The first-order valence-corrected chi connectivity index (χ1v) is 9.18. The molecule has 1 heterocycles. The first-order valence-electron chi connectivity index (χ1n) is 7.29. The van der Waals surface area contributed by atoms with Gasteiger partial charge in [0.1, 0.15) is 0 Å². The lowest BCUT2D eigenvalue weighted by atomic mass is 10.0. The standard InChI is InChI=1S/C15H22N2O2S/c1-20(18,19)15-5-3-2-4-13(15)14-10-16-8-9-17(14)11-12-6-7-12/h2-5,12,14,16H,6-11H2,1H3. The van der Waals surface area contributed by atoms with E-state index in [1.165, 1.54) is 19.1 Å². The van der Waals surface area contributed by atoms with Crippen LogP contribution in [0.3, 0.4) is 0 Å². The molecule has 1 aromatic carbocycles. The Morgan fingerprint density at radius 2 is 2.05 bits per heavy atom. The molecular formula is C15H22N2O2S. The SMILES string of the molecule is CS(=O)(=O)c1ccccc1C1CNCCN1CC1CC1. The molecule has 1 saturated carbocycles. The molecule has 0 radical (unpaired) electrons. The second-order valence-corrected chi connectivity index (χ2v) is 7.95. The van der Waals surface area contributed by atoms with Crippen LogP contribution >= 0.6 is 0 Å². The highest BCUT2D eigenvalue weighted by molar-refractivity contribution is 7.90. The molecule has 1 atom stereocenters. The quantitative estimate of drug-likeness (QED) is 0.913. The third-order valence-corrected chi connectivity index (χ3v) is 5.39. The minimum Gasteiger partial charge on any atom is -0.314 e. The van der Waals surface area contributed by atoms with Gasteiger partial charge in [0.2, 0.25) is 0 Å². The third kappa shape index (κ3) is 3.05. The highest BCUT2D eigenvalue weighted by Gasteiger charge is 2.32. The summed E-state index contributed by atoms with van der Waals surface area (Å²) in [5.74, 6) is 0.820. The van der Waals surface area contributed by atoms with E-state index >= 15 is 0 Å². The van der Waals surface area contributed by atoms with Gasteiger partial charge in [0.15, 0.2) is 9.84 Å². The van der Waals surface area contributed by atoms with Gasteiger partial charge in [-0.15, -0.1) is 0 Å². The normalized spacial score (nSPS) is 24.8. The summed E-state index contributed by atoms with van der Waals surface area (Å²) in [6.45, 7) is 3.92. The Bertz CT molecular complexity index is 581. The molecule has 2 fully saturated rings. The van der Waals surface area contributed by atoms with Crippen LogP contribution in [0.25, 0.3) is 0 Å². The van der Waals surface area contributed by atoms with E-state index < -0.39 is 9.84 Å². The molecule has 4 nitrogen and oxygen atoms in total. The molecule has 1 aromatic rings. The van der Waals surface area contributed by atoms with E-state index in [0.717, 1.165) is 37.7 Å². The van der Waals surface area contributed by atoms with E-state index in [1.54, 1.807) is 12.1 Å². The number of benzene rings is 1. The molecule has 1 saturated heterocycles. The predicted octanol–water partition coefficient (Wildman–Crippen LogP) is 1.45. The van der Waals surface area contributed by atoms with Crippen LogP contribution in [-0.2, 0) is 9.84 Å². The van der Waals surface area contributed by atoms with E-state index in [0.29, 0.717) is 4.90 Å². The summed E-state index contributed by atoms with van der Waals surface area (Å²) in [4.78, 5) is 2.94. The van der Waals surface area contributed by atoms with Crippen LogP contribution in [-0.4, -0.2) is 45.8 Å². The van der Waals surface area contributed by atoms with Gasteiger partial charge >= 0.3 is 0 Å². The molecular weight excluding hydrogens is 272 g/mol. The van der Waals surface area contributed by atoms with Crippen molar-refractivity contribution in [2.24, 2.45) is 5.92 Å². The van der Waals surface area contributed by atoms with Gasteiger partial charge in [-0.3, -0.25) is 4.90 Å². The first kappa shape index (κ1) is 14.0. The van der Waals surface area contributed by atoms with Gasteiger partial charge in [0, 0.05) is 38.5 Å². The Balaban J connectivity index is 1.93. The Morgan fingerprint density at radius 1 is 1.30 bits per heavy atom. The summed E-state index contributed by atoms with van der Waals surface area (Å²) in [6.07, 6.45) is 3.95. The molecule has 1 aliphatic heterocycles. The minimum absolute atomic E-state index is 0.176. The molecule has 3 rings (SSSR count). The van der Waals surface area contributed by atoms with Crippen LogP contribution in [0, 0.1) is 5.92 Å². The lowest BCUT2D eigenvalue weighted by molar-refractivity contribution is 0.153. The molecule has 5 heteroatoms. The summed E-state index contributed by atoms with van der Waals surface area (Å²) in [7, 11) is -3.17. The maximum Gasteiger partial charge on any atom is 0.175 e. The van der Waals surface area contributed by atoms with Crippen molar-refractivity contribution in [3.63, 3.8) is 0 Å². The number of hydrogen-bond acceptors (Lipinski definition) is 4. The number of sulfone groups is 1. The van der Waals surface area contributed by atoms with Gasteiger partial charge < -0.3 is 5.32 Å². The Kier molecular flexibility index (Phi) is 3.84. The van der Waals surface area contributed by atoms with Crippen molar-refractivity contribution in [1.29, 1.82) is 0 Å². The molecule has 0 bridgehead atoms. The molecule has 0 amide bonds. The fourth-order valence-electron chi connectivity index (χ4n) is 3.00. The van der Waals surface area contributed by atoms with Crippen LogP contribution in [0.2, 0.25) is 0 Å². The summed E-state index contributed by atoms with van der Waals surface area (Å²) >= 11 is 0. The molecule has 1 aliphatic carbocycles. The molecule has 2 aliphatic rings. The van der Waals surface area contributed by atoms with Crippen molar-refractivity contribution < 1.29 is 8.42 Å². The summed E-state index contributed by atoms with van der Waals surface area (Å²) in [5.41, 5.74) is 0.947. The lowest BCUT2D eigenvalue weighted by Gasteiger charge is -2.37. The van der Waals surface area contributed by atoms with Crippen LogP contribution in [0.5, 0.6) is 0 Å². The van der Waals surface area contributed by atoms with Crippen molar-refractivity contribution in [1.82, 2.24) is 10.2 Å². The summed E-state index contributed by atoms with van der Waals surface area (Å²) in [5, 5.41) is 3.40. The monoisotopic (exact) mass is 294 g/mol. The number of piperazine rings is 1. The van der Waals surface area contributed by atoms with E-state index in [-0.39, 0.29) is 6.04 Å². The van der Waals surface area contributed by atoms with Crippen LogP contribution < -0.4 is 5.32 Å². The molecule has 110 valence electrons. The van der Waals surface area contributed by atoms with Crippen molar-refractivity contribution in [2.45, 2.75) is 23.8 Å². The van der Waals surface area contributed by atoms with E-state index in [9.17, 15) is 8.42 Å². The Hall–Kier alpha value is -0.910. The number of nitrogens with zero attached hydrogens (tertiary/aromatic N) is 1. The van der Waals surface area contributed by atoms with Gasteiger partial charge in [-0.2, -0.15) is 0 Å². The number of rotatable bonds is 4. The summed E-state index contributed by atoms with van der Waals surface area (Å²) < 4.78 is 24.0. The molecule has 0 aromatic heterocycles. The number of nitrogens with one attached hydrogen (secondary N) is 1. The predicted molar refractivity (Wildman–Crippen MR) is 79.5 cm³/mol. The van der Waals surface area contributed by atoms with Gasteiger partial charge in [0.05, 0.1) is 4.90 Å². The van der Waals surface area contributed by atoms with Crippen molar-refractivity contribution in [2.75, 3.05) is 32.4 Å². The minimum atomic E-state index is -3.17. The van der Waals surface area contributed by atoms with E-state index in [1.807, 2.05) is 12.1 Å². The van der Waals surface area contributed by atoms with Crippen molar-refractivity contribution in [3.8, 4) is 0 Å². The van der Waals surface area contributed by atoms with Gasteiger partial charge in [-0.05, 0) is 30.4 Å². The third-order valence-electron chi connectivity index (χ3n) is 4.22.